The Balaban J connectivity index is 1.54. The largest absolute Gasteiger partial charge is 0.373 e. The van der Waals surface area contributed by atoms with Gasteiger partial charge in [-0.2, -0.15) is 5.26 Å². The van der Waals surface area contributed by atoms with Gasteiger partial charge >= 0.3 is 0 Å². The van der Waals surface area contributed by atoms with Gasteiger partial charge in [0.1, 0.15) is 5.69 Å². The van der Waals surface area contributed by atoms with Crippen LogP contribution in [0, 0.1) is 11.3 Å². The molecular weight excluding hydrogens is 416 g/mol. The Labute approximate surface area is 193 Å². The quantitative estimate of drug-likeness (QED) is 0.583. The summed E-state index contributed by atoms with van der Waals surface area (Å²) in [5, 5.41) is 15.1. The summed E-state index contributed by atoms with van der Waals surface area (Å²) < 4.78 is 7.45. The number of hydrogen-bond donors (Lipinski definition) is 2. The number of aromatic nitrogens is 1. The maximum atomic E-state index is 13.2. The van der Waals surface area contributed by atoms with Crippen molar-refractivity contribution in [1.29, 1.82) is 5.26 Å². The second kappa shape index (κ2) is 10.2. The summed E-state index contributed by atoms with van der Waals surface area (Å²) in [5.74, 6) is -0.490. The first-order valence-electron chi connectivity index (χ1n) is 11.0. The van der Waals surface area contributed by atoms with Crippen molar-refractivity contribution in [2.75, 3.05) is 6.61 Å². The average molecular weight is 443 g/mol. The lowest BCUT2D eigenvalue weighted by Crippen LogP contribution is -2.30. The Bertz CT molecular complexity index is 1190. The van der Waals surface area contributed by atoms with Gasteiger partial charge in [0.15, 0.2) is 0 Å². The molecular formula is C26H26N4O3. The zero-order valence-electron chi connectivity index (χ0n) is 18.5. The van der Waals surface area contributed by atoms with Crippen LogP contribution < -0.4 is 10.6 Å². The van der Waals surface area contributed by atoms with E-state index in [1.165, 1.54) is 0 Å². The van der Waals surface area contributed by atoms with Crippen LogP contribution in [-0.2, 0) is 24.4 Å². The maximum absolute atomic E-state index is 13.2. The Morgan fingerprint density at radius 2 is 1.94 bits per heavy atom. The van der Waals surface area contributed by atoms with Crippen LogP contribution >= 0.6 is 0 Å². The fourth-order valence-electron chi connectivity index (χ4n) is 4.08. The van der Waals surface area contributed by atoms with Crippen LogP contribution in [-0.4, -0.2) is 23.0 Å². The Morgan fingerprint density at radius 1 is 1.12 bits per heavy atom. The van der Waals surface area contributed by atoms with E-state index in [9.17, 15) is 9.59 Å². The van der Waals surface area contributed by atoms with E-state index in [-0.39, 0.29) is 24.5 Å². The van der Waals surface area contributed by atoms with Crippen LogP contribution in [0.2, 0.25) is 0 Å². The number of amides is 2. The zero-order chi connectivity index (χ0) is 23.2. The van der Waals surface area contributed by atoms with Gasteiger partial charge < -0.3 is 19.9 Å². The van der Waals surface area contributed by atoms with Crippen molar-refractivity contribution in [2.45, 2.75) is 39.1 Å². The molecule has 1 aliphatic heterocycles. The number of carbonyl (C=O) groups is 2. The molecule has 0 radical (unpaired) electrons. The van der Waals surface area contributed by atoms with Crippen molar-refractivity contribution >= 4 is 11.8 Å². The molecule has 168 valence electrons. The van der Waals surface area contributed by atoms with Crippen molar-refractivity contribution < 1.29 is 14.3 Å². The molecule has 0 unspecified atom stereocenters. The minimum atomic E-state index is -0.269. The van der Waals surface area contributed by atoms with Gasteiger partial charge in [0.25, 0.3) is 11.8 Å². The number of rotatable bonds is 7. The third-order valence-corrected chi connectivity index (χ3v) is 5.81. The predicted octanol–water partition coefficient (Wildman–Crippen LogP) is 3.70. The van der Waals surface area contributed by atoms with Gasteiger partial charge in [-0.15, -0.1) is 0 Å². The highest BCUT2D eigenvalue weighted by Gasteiger charge is 2.27. The van der Waals surface area contributed by atoms with Gasteiger partial charge in [0.05, 0.1) is 42.1 Å². The molecule has 0 saturated heterocycles. The van der Waals surface area contributed by atoms with Crippen molar-refractivity contribution in [1.82, 2.24) is 15.2 Å². The highest BCUT2D eigenvalue weighted by molar-refractivity contribution is 6.00. The van der Waals surface area contributed by atoms with Crippen molar-refractivity contribution in [3.8, 4) is 6.07 Å². The topological polar surface area (TPSA) is 96.2 Å². The molecule has 0 aliphatic carbocycles. The summed E-state index contributed by atoms with van der Waals surface area (Å²) in [4.78, 5) is 26.2. The molecule has 2 aromatic carbocycles. The molecule has 1 aromatic heterocycles. The van der Waals surface area contributed by atoms with Gasteiger partial charge in [-0.3, -0.25) is 9.59 Å². The molecule has 0 saturated carbocycles. The van der Waals surface area contributed by atoms with Crippen LogP contribution in [0.5, 0.6) is 0 Å². The number of nitrogens with one attached hydrogen (secondary N) is 2. The fourth-order valence-corrected chi connectivity index (χ4v) is 4.08. The molecule has 3 aromatic rings. The maximum Gasteiger partial charge on any atom is 0.268 e. The minimum Gasteiger partial charge on any atom is -0.373 e. The van der Waals surface area contributed by atoms with Crippen molar-refractivity contribution in [2.24, 2.45) is 0 Å². The SMILES string of the molecule is CC[C@@H](NC(=O)c1cc(C(=O)NCc2cccc(C#N)c2)n2c1COCC2)c1ccccc1. The monoisotopic (exact) mass is 442 g/mol. The third-order valence-electron chi connectivity index (χ3n) is 5.81. The van der Waals surface area contributed by atoms with Crippen molar-refractivity contribution in [3.63, 3.8) is 0 Å². The normalized spacial score (nSPS) is 13.5. The molecule has 2 amide bonds. The highest BCUT2D eigenvalue weighted by atomic mass is 16.5. The molecule has 2 heterocycles. The van der Waals surface area contributed by atoms with Gasteiger partial charge in [0, 0.05) is 13.1 Å². The van der Waals surface area contributed by atoms with Crippen LogP contribution in [0.4, 0.5) is 0 Å². The molecule has 0 bridgehead atoms. The number of benzene rings is 2. The molecule has 0 spiro atoms. The summed E-state index contributed by atoms with van der Waals surface area (Å²) in [6, 6.07) is 20.6. The van der Waals surface area contributed by atoms with E-state index in [0.717, 1.165) is 17.5 Å². The molecule has 1 atom stereocenters. The predicted molar refractivity (Wildman–Crippen MR) is 123 cm³/mol. The van der Waals surface area contributed by atoms with Crippen LogP contribution in [0.3, 0.4) is 0 Å². The van der Waals surface area contributed by atoms with Gasteiger partial charge in [0.2, 0.25) is 0 Å². The first-order chi connectivity index (χ1) is 16.1. The molecule has 1 aliphatic rings. The van der Waals surface area contributed by atoms with E-state index >= 15 is 0 Å². The summed E-state index contributed by atoms with van der Waals surface area (Å²) in [6.45, 7) is 3.58. The average Bonchev–Trinajstić information content (AvgIpc) is 3.26. The van der Waals surface area contributed by atoms with Crippen LogP contribution in [0.15, 0.2) is 60.7 Å². The summed E-state index contributed by atoms with van der Waals surface area (Å²) >= 11 is 0. The summed E-state index contributed by atoms with van der Waals surface area (Å²) in [7, 11) is 0. The Morgan fingerprint density at radius 3 is 2.70 bits per heavy atom. The first-order valence-corrected chi connectivity index (χ1v) is 11.0. The standard InChI is InChI=1S/C26H26N4O3/c1-2-22(20-9-4-3-5-10-20)29-25(31)21-14-23(30-11-12-33-17-24(21)30)26(32)28-16-19-8-6-7-18(13-19)15-27/h3-10,13-14,22H,2,11-12,16-17H2,1H3,(H,28,32)(H,29,31)/t22-/m1/s1. The van der Waals surface area contributed by atoms with Crippen LogP contribution in [0.1, 0.15) is 62.6 Å². The minimum absolute atomic E-state index is 0.122. The number of carbonyl (C=O) groups excluding carboxylic acids is 2. The third kappa shape index (κ3) is 4.97. The number of nitriles is 1. The lowest BCUT2D eigenvalue weighted by Gasteiger charge is -2.20. The summed E-state index contributed by atoms with van der Waals surface area (Å²) in [6.07, 6.45) is 0.747. The lowest BCUT2D eigenvalue weighted by molar-refractivity contribution is 0.0776. The fraction of sp³-hybridized carbons (Fsp3) is 0.269. The first kappa shape index (κ1) is 22.3. The molecule has 4 rings (SSSR count). The van der Waals surface area contributed by atoms with E-state index in [1.807, 2.05) is 47.9 Å². The van der Waals surface area contributed by atoms with Gasteiger partial charge in [-0.1, -0.05) is 49.4 Å². The number of ether oxygens (including phenoxy) is 1. The Kier molecular flexibility index (Phi) is 6.86. The van der Waals surface area contributed by atoms with Gasteiger partial charge in [-0.25, -0.2) is 0 Å². The molecule has 33 heavy (non-hydrogen) atoms. The summed E-state index contributed by atoms with van der Waals surface area (Å²) in [5.41, 5.74) is 4.02. The van der Waals surface area contributed by atoms with Crippen molar-refractivity contribution in [3.05, 3.63) is 94.3 Å². The molecule has 7 heteroatoms. The van der Waals surface area contributed by atoms with Crippen LogP contribution in [0.25, 0.3) is 0 Å². The van der Waals surface area contributed by atoms with E-state index in [4.69, 9.17) is 10.00 Å². The van der Waals surface area contributed by atoms with E-state index in [0.29, 0.717) is 42.2 Å². The smallest absolute Gasteiger partial charge is 0.268 e. The van der Waals surface area contributed by atoms with E-state index in [2.05, 4.69) is 16.7 Å². The molecule has 2 N–H and O–H groups in total. The second-order valence-electron chi connectivity index (χ2n) is 7.93. The second-order valence-corrected chi connectivity index (χ2v) is 7.93. The lowest BCUT2D eigenvalue weighted by atomic mass is 10.0. The van der Waals surface area contributed by atoms with E-state index in [1.54, 1.807) is 24.3 Å². The van der Waals surface area contributed by atoms with E-state index < -0.39 is 0 Å². The number of hydrogen-bond acceptors (Lipinski definition) is 4. The number of fused-ring (bicyclic) bond motifs is 1. The number of nitrogens with zero attached hydrogens (tertiary/aromatic N) is 2. The molecule has 7 nitrogen and oxygen atoms in total. The van der Waals surface area contributed by atoms with Gasteiger partial charge in [-0.05, 0) is 35.7 Å². The molecule has 0 fully saturated rings. The highest BCUT2D eigenvalue weighted by Crippen LogP contribution is 2.23. The zero-order valence-corrected chi connectivity index (χ0v) is 18.5. The Hall–Kier alpha value is -3.89.